The third-order valence-corrected chi connectivity index (χ3v) is 13.2. The molecule has 60 heavy (non-hydrogen) atoms. The smallest absolute Gasteiger partial charge is 0.307 e. The maximum Gasteiger partial charge on any atom is 0.307 e. The maximum absolute atomic E-state index is 12.9. The zero-order valence-corrected chi connectivity index (χ0v) is 36.9. The van der Waals surface area contributed by atoms with Crippen molar-refractivity contribution in [2.45, 2.75) is 136 Å². The maximum atomic E-state index is 12.9. The highest BCUT2D eigenvalue weighted by Gasteiger charge is 2.22. The average molecular weight is 873 g/mol. The lowest BCUT2D eigenvalue weighted by atomic mass is 9.95. The van der Waals surface area contributed by atoms with Crippen LogP contribution in [0.3, 0.4) is 0 Å². The molecule has 0 radical (unpaired) electrons. The molecule has 2 aliphatic carbocycles. The Morgan fingerprint density at radius 2 is 1.18 bits per heavy atom. The Labute approximate surface area is 366 Å². The second-order valence-corrected chi connectivity index (χ2v) is 18.2. The lowest BCUT2D eigenvalue weighted by Gasteiger charge is -2.23. The lowest BCUT2D eigenvalue weighted by Crippen LogP contribution is -2.36. The van der Waals surface area contributed by atoms with Crippen LogP contribution in [0, 0.1) is 0 Å². The zero-order chi connectivity index (χ0) is 42.7. The van der Waals surface area contributed by atoms with Gasteiger partial charge in [0.25, 0.3) is 11.8 Å². The van der Waals surface area contributed by atoms with E-state index in [1.165, 1.54) is 37.4 Å². The monoisotopic (exact) mass is 872 g/mol. The van der Waals surface area contributed by atoms with Gasteiger partial charge in [0.05, 0.1) is 24.0 Å². The van der Waals surface area contributed by atoms with E-state index in [0.717, 1.165) is 83.4 Å². The van der Waals surface area contributed by atoms with Gasteiger partial charge in [0.1, 0.15) is 20.8 Å². The van der Waals surface area contributed by atoms with Crippen LogP contribution in [-0.4, -0.2) is 67.5 Å². The van der Waals surface area contributed by atoms with Gasteiger partial charge in [0, 0.05) is 23.0 Å². The molecule has 2 aromatic heterocycles. The van der Waals surface area contributed by atoms with E-state index in [4.69, 9.17) is 19.9 Å². The molecule has 6 rings (SSSR count). The van der Waals surface area contributed by atoms with Crippen molar-refractivity contribution in [3.05, 3.63) is 95.1 Å². The molecular weight excluding hydrogens is 817 g/mol. The molecule has 320 valence electrons. The highest BCUT2D eigenvalue weighted by Crippen LogP contribution is 2.32. The van der Waals surface area contributed by atoms with Crippen molar-refractivity contribution in [1.82, 2.24) is 20.6 Å². The fourth-order valence-electron chi connectivity index (χ4n) is 6.93. The fourth-order valence-corrected chi connectivity index (χ4v) is 9.52. The minimum Gasteiger partial charge on any atom is -0.481 e. The number of aliphatic carboxylic acids is 2. The molecule has 2 amide bonds. The molecule has 11 nitrogen and oxygen atoms in total. The molecule has 0 aliphatic heterocycles. The molecule has 2 heterocycles. The van der Waals surface area contributed by atoms with Crippen molar-refractivity contribution in [1.29, 1.82) is 0 Å². The Hall–Kier alpha value is -4.53. The number of ether oxygens (including phenoxy) is 1. The highest BCUT2D eigenvalue weighted by molar-refractivity contribution is 8.00. The zero-order valence-electron chi connectivity index (χ0n) is 34.5. The van der Waals surface area contributed by atoms with E-state index in [9.17, 15) is 19.2 Å². The molecular formula is C46H56N4O7S3. The number of aromatic nitrogens is 2. The third-order valence-electron chi connectivity index (χ3n) is 9.90. The number of nitrogens with one attached hydrogen (secondary N) is 2. The summed E-state index contributed by atoms with van der Waals surface area (Å²) in [6, 6.07) is 22.2. The van der Waals surface area contributed by atoms with Crippen LogP contribution in [0.25, 0.3) is 0 Å². The van der Waals surface area contributed by atoms with Gasteiger partial charge in [-0.25, -0.2) is 9.97 Å². The molecule has 2 saturated carbocycles. The minimum absolute atomic E-state index is 0.0196. The first-order valence-corrected chi connectivity index (χ1v) is 23.8. The Kier molecular flexibility index (Phi) is 19.1. The van der Waals surface area contributed by atoms with Gasteiger partial charge in [-0.15, -0.1) is 23.5 Å². The number of carboxylic acids is 2. The Morgan fingerprint density at radius 3 is 1.73 bits per heavy atom. The summed E-state index contributed by atoms with van der Waals surface area (Å²) in [7, 11) is 0. The van der Waals surface area contributed by atoms with Crippen LogP contribution in [0.2, 0.25) is 0 Å². The van der Waals surface area contributed by atoms with Gasteiger partial charge in [-0.3, -0.25) is 19.2 Å². The average Bonchev–Trinajstić information content (AvgIpc) is 3.23. The van der Waals surface area contributed by atoms with Gasteiger partial charge in [0.2, 0.25) is 5.88 Å². The molecule has 2 fully saturated rings. The molecule has 0 unspecified atom stereocenters. The molecule has 0 saturated heterocycles. The standard InChI is InChI=1S/C23H28N2O4S.C23H28N2O3S2/c1-2-13-30-23-19(22(28)24-17-8-4-3-5-9-17)11-12-20(25-23)29-18-10-6-7-16(14-18)15-21(26)27;1-2-14-29-23-19(22(28)24-17-6-4-3-5-7-17)12-13-20(25-23)30-18-10-8-16(9-11-18)15-21(26)27/h6-7,10-12,14,17H,2-5,8-9,13,15H2,1H3,(H,24,28)(H,26,27);8-13,17H,2-7,14-15H2,1H3,(H,24,28)(H,26,27). The van der Waals surface area contributed by atoms with Crippen LogP contribution < -0.4 is 15.4 Å². The molecule has 0 bridgehead atoms. The first-order chi connectivity index (χ1) is 29.1. The number of carbonyl (C=O) groups excluding carboxylic acids is 2. The number of amides is 2. The van der Waals surface area contributed by atoms with E-state index in [-0.39, 0.29) is 36.7 Å². The van der Waals surface area contributed by atoms with Gasteiger partial charge in [-0.2, -0.15) is 0 Å². The molecule has 2 aliphatic rings. The predicted octanol–water partition coefficient (Wildman–Crippen LogP) is 10.5. The summed E-state index contributed by atoms with van der Waals surface area (Å²) < 4.78 is 5.86. The number of hydrogen-bond acceptors (Lipinski definition) is 10. The quantitative estimate of drug-likeness (QED) is 0.0700. The van der Waals surface area contributed by atoms with Crippen molar-refractivity contribution in [2.24, 2.45) is 0 Å². The van der Waals surface area contributed by atoms with Gasteiger partial charge in [-0.05, 0) is 104 Å². The van der Waals surface area contributed by atoms with E-state index in [2.05, 4.69) is 29.5 Å². The third kappa shape index (κ3) is 15.5. The van der Waals surface area contributed by atoms with E-state index in [0.29, 0.717) is 33.3 Å². The highest BCUT2D eigenvalue weighted by atomic mass is 32.2. The van der Waals surface area contributed by atoms with Crippen LogP contribution in [-0.2, 0) is 22.4 Å². The number of benzene rings is 2. The first-order valence-electron chi connectivity index (χ1n) is 21.0. The molecule has 4 N–H and O–H groups in total. The molecule has 4 aromatic rings. The van der Waals surface area contributed by atoms with Gasteiger partial charge in [-0.1, -0.05) is 88.4 Å². The second-order valence-electron chi connectivity index (χ2n) is 15.0. The molecule has 0 atom stereocenters. The van der Waals surface area contributed by atoms with Crippen LogP contribution in [0.15, 0.2) is 92.8 Å². The normalized spacial score (nSPS) is 14.4. The van der Waals surface area contributed by atoms with Crippen molar-refractivity contribution in [3.8, 4) is 11.6 Å². The first kappa shape index (κ1) is 46.5. The van der Waals surface area contributed by atoms with Crippen molar-refractivity contribution in [2.75, 3.05) is 11.5 Å². The summed E-state index contributed by atoms with van der Waals surface area (Å²) in [6.07, 6.45) is 13.3. The summed E-state index contributed by atoms with van der Waals surface area (Å²) in [6.45, 7) is 4.20. The number of pyridine rings is 2. The SMILES string of the molecule is CCCSc1nc(Oc2cccc(CC(=O)O)c2)ccc1C(=O)NC1CCCCC1.CCCSc1nc(Sc2ccc(CC(=O)O)cc2)ccc1C(=O)NC1CCCCC1. The van der Waals surface area contributed by atoms with E-state index in [1.54, 1.807) is 59.9 Å². The van der Waals surface area contributed by atoms with Gasteiger partial charge >= 0.3 is 11.9 Å². The van der Waals surface area contributed by atoms with Gasteiger partial charge in [0.15, 0.2) is 0 Å². The van der Waals surface area contributed by atoms with E-state index < -0.39 is 11.9 Å². The number of thioether (sulfide) groups is 2. The second kappa shape index (κ2) is 24.7. The number of carboxylic acid groups (broad SMARTS) is 2. The molecule has 14 heteroatoms. The van der Waals surface area contributed by atoms with Crippen molar-refractivity contribution < 1.29 is 34.1 Å². The van der Waals surface area contributed by atoms with Crippen molar-refractivity contribution >= 4 is 59.0 Å². The number of hydrogen-bond donors (Lipinski definition) is 4. The Balaban J connectivity index is 0.000000228. The summed E-state index contributed by atoms with van der Waals surface area (Å²) >= 11 is 4.68. The number of rotatable bonds is 18. The molecule has 2 aromatic carbocycles. The van der Waals surface area contributed by atoms with Crippen LogP contribution >= 0.6 is 35.3 Å². The summed E-state index contributed by atoms with van der Waals surface area (Å²) in [5.74, 6) is 0.838. The largest absolute Gasteiger partial charge is 0.481 e. The van der Waals surface area contributed by atoms with Crippen molar-refractivity contribution in [3.63, 3.8) is 0 Å². The Bertz CT molecular complexity index is 2040. The van der Waals surface area contributed by atoms with Crippen LogP contribution in [0.4, 0.5) is 0 Å². The number of carbonyl (C=O) groups is 4. The predicted molar refractivity (Wildman–Crippen MR) is 239 cm³/mol. The van der Waals surface area contributed by atoms with Crippen LogP contribution in [0.5, 0.6) is 11.6 Å². The number of nitrogens with zero attached hydrogens (tertiary/aromatic N) is 2. The van der Waals surface area contributed by atoms with E-state index in [1.807, 2.05) is 36.4 Å². The lowest BCUT2D eigenvalue weighted by molar-refractivity contribution is -0.137. The summed E-state index contributed by atoms with van der Waals surface area (Å²) in [5.41, 5.74) is 2.66. The minimum atomic E-state index is -0.892. The fraction of sp³-hybridized carbons (Fsp3) is 0.435. The Morgan fingerprint density at radius 1 is 0.650 bits per heavy atom. The molecule has 0 spiro atoms. The van der Waals surface area contributed by atoms with E-state index >= 15 is 0 Å². The summed E-state index contributed by atoms with van der Waals surface area (Å²) in [5, 5.41) is 26.5. The topological polar surface area (TPSA) is 168 Å². The van der Waals surface area contributed by atoms with Crippen LogP contribution in [0.1, 0.15) is 123 Å². The van der Waals surface area contributed by atoms with Gasteiger partial charge < -0.3 is 25.6 Å². The summed E-state index contributed by atoms with van der Waals surface area (Å²) in [4.78, 5) is 57.8.